The van der Waals surface area contributed by atoms with E-state index in [-0.39, 0.29) is 0 Å². The topological polar surface area (TPSA) is 9.72 Å². The van der Waals surface area contributed by atoms with Crippen LogP contribution in [0.2, 0.25) is 0 Å². The average molecular weight is 418 g/mol. The molecule has 2 saturated heterocycles. The first kappa shape index (κ1) is 23.1. The van der Waals surface area contributed by atoms with Gasteiger partial charge in [0.25, 0.3) is 0 Å². The van der Waals surface area contributed by atoms with E-state index in [1.807, 2.05) is 0 Å². The molecule has 2 aliphatic heterocycles. The number of hydrogen-bond acceptors (Lipinski definition) is 3. The number of rotatable bonds is 7. The van der Waals surface area contributed by atoms with Gasteiger partial charge in [0, 0.05) is 45.3 Å². The zero-order chi connectivity index (χ0) is 21.4. The summed E-state index contributed by atoms with van der Waals surface area (Å²) < 4.78 is 0. The van der Waals surface area contributed by atoms with Crippen LogP contribution in [0.5, 0.6) is 0 Å². The quantitative estimate of drug-likeness (QED) is 0.541. The van der Waals surface area contributed by atoms with Crippen molar-refractivity contribution >= 4 is 0 Å². The lowest BCUT2D eigenvalue weighted by molar-refractivity contribution is -0.00261. The fraction of sp³-hybridized carbons (Fsp3) is 1.00. The molecule has 4 rings (SSSR count). The van der Waals surface area contributed by atoms with Crippen LogP contribution in [-0.4, -0.2) is 73.1 Å². The SMILES string of the molecule is CC(C)CC1(CN2CCC3(CC2)CCC(C)(CN2CCN(C(C)C)CC2)CC3)CC1. The Morgan fingerprint density at radius 3 is 1.70 bits per heavy atom. The highest BCUT2D eigenvalue weighted by Crippen LogP contribution is 2.54. The van der Waals surface area contributed by atoms with Crippen molar-refractivity contribution < 1.29 is 0 Å². The van der Waals surface area contributed by atoms with E-state index in [9.17, 15) is 0 Å². The van der Waals surface area contributed by atoms with Crippen LogP contribution >= 0.6 is 0 Å². The Kier molecular flexibility index (Phi) is 6.93. The van der Waals surface area contributed by atoms with Crippen LogP contribution in [-0.2, 0) is 0 Å². The van der Waals surface area contributed by atoms with Gasteiger partial charge in [-0.3, -0.25) is 4.90 Å². The largest absolute Gasteiger partial charge is 0.303 e. The van der Waals surface area contributed by atoms with Gasteiger partial charge in [-0.25, -0.2) is 0 Å². The lowest BCUT2D eigenvalue weighted by atomic mass is 9.60. The van der Waals surface area contributed by atoms with E-state index in [4.69, 9.17) is 0 Å². The third-order valence-corrected chi connectivity index (χ3v) is 9.53. The molecule has 0 aromatic rings. The zero-order valence-electron chi connectivity index (χ0n) is 21.0. The summed E-state index contributed by atoms with van der Waals surface area (Å²) in [5.41, 5.74) is 1.97. The van der Waals surface area contributed by atoms with Crippen molar-refractivity contribution in [1.82, 2.24) is 14.7 Å². The van der Waals surface area contributed by atoms with E-state index < -0.39 is 0 Å². The van der Waals surface area contributed by atoms with Crippen LogP contribution in [0.15, 0.2) is 0 Å². The molecule has 0 unspecified atom stereocenters. The molecule has 0 amide bonds. The molecule has 0 bridgehead atoms. The summed E-state index contributed by atoms with van der Waals surface area (Å²) in [4.78, 5) is 8.28. The Labute approximate surface area is 187 Å². The Morgan fingerprint density at radius 2 is 1.20 bits per heavy atom. The highest BCUT2D eigenvalue weighted by atomic mass is 15.3. The molecule has 4 aliphatic rings. The highest BCUT2D eigenvalue weighted by molar-refractivity contribution is 4.99. The van der Waals surface area contributed by atoms with Crippen LogP contribution in [0.1, 0.15) is 92.4 Å². The molecule has 0 atom stereocenters. The van der Waals surface area contributed by atoms with Crippen molar-refractivity contribution in [3.63, 3.8) is 0 Å². The molecule has 2 heterocycles. The Hall–Kier alpha value is -0.120. The van der Waals surface area contributed by atoms with Gasteiger partial charge in [0.1, 0.15) is 0 Å². The minimum absolute atomic E-state index is 0.567. The van der Waals surface area contributed by atoms with E-state index in [0.717, 1.165) is 5.92 Å². The summed E-state index contributed by atoms with van der Waals surface area (Å²) in [5, 5.41) is 0. The van der Waals surface area contributed by atoms with Crippen molar-refractivity contribution in [2.75, 3.05) is 52.4 Å². The lowest BCUT2D eigenvalue weighted by Crippen LogP contribution is -2.52. The molecule has 2 saturated carbocycles. The monoisotopic (exact) mass is 417 g/mol. The molecule has 4 fully saturated rings. The van der Waals surface area contributed by atoms with Gasteiger partial charge in [-0.2, -0.15) is 0 Å². The van der Waals surface area contributed by atoms with Gasteiger partial charge >= 0.3 is 0 Å². The van der Waals surface area contributed by atoms with Gasteiger partial charge in [0.05, 0.1) is 0 Å². The Morgan fingerprint density at radius 1 is 0.633 bits per heavy atom. The lowest BCUT2D eigenvalue weighted by Gasteiger charge is -2.51. The zero-order valence-corrected chi connectivity index (χ0v) is 21.0. The van der Waals surface area contributed by atoms with Crippen LogP contribution in [0, 0.1) is 22.2 Å². The maximum absolute atomic E-state index is 2.85. The summed E-state index contributed by atoms with van der Waals surface area (Å²) in [6.45, 7) is 22.7. The number of piperazine rings is 1. The second kappa shape index (κ2) is 9.02. The fourth-order valence-corrected chi connectivity index (χ4v) is 7.15. The predicted molar refractivity (Wildman–Crippen MR) is 129 cm³/mol. The van der Waals surface area contributed by atoms with Crippen molar-refractivity contribution in [2.45, 2.75) is 98.4 Å². The maximum Gasteiger partial charge on any atom is 0.0113 e. The van der Waals surface area contributed by atoms with Crippen LogP contribution in [0.3, 0.4) is 0 Å². The first-order valence-electron chi connectivity index (χ1n) is 13.4. The Balaban J connectivity index is 1.20. The summed E-state index contributed by atoms with van der Waals surface area (Å²) in [5.74, 6) is 0.869. The average Bonchev–Trinajstić information content (AvgIpc) is 3.45. The molecular weight excluding hydrogens is 366 g/mol. The first-order chi connectivity index (χ1) is 14.2. The molecule has 174 valence electrons. The van der Waals surface area contributed by atoms with Crippen molar-refractivity contribution in [2.24, 2.45) is 22.2 Å². The van der Waals surface area contributed by atoms with Gasteiger partial charge in [-0.05, 0) is 107 Å². The first-order valence-corrected chi connectivity index (χ1v) is 13.4. The molecule has 30 heavy (non-hydrogen) atoms. The van der Waals surface area contributed by atoms with Crippen molar-refractivity contribution in [1.29, 1.82) is 0 Å². The second-order valence-electron chi connectivity index (χ2n) is 13.1. The van der Waals surface area contributed by atoms with Gasteiger partial charge in [-0.15, -0.1) is 0 Å². The minimum Gasteiger partial charge on any atom is -0.303 e. The van der Waals surface area contributed by atoms with E-state index in [1.165, 1.54) is 110 Å². The van der Waals surface area contributed by atoms with Crippen LogP contribution in [0.4, 0.5) is 0 Å². The molecule has 0 aromatic carbocycles. The standard InChI is InChI=1S/C27H51N3/c1-23(2)20-27(10-11-27)22-28-14-12-26(13-15-28)8-6-25(5,7-9-26)21-29-16-18-30(19-17-29)24(3)4/h23-24H,6-22H2,1-5H3. The molecule has 3 heteroatoms. The fourth-order valence-electron chi connectivity index (χ4n) is 7.15. The third-order valence-electron chi connectivity index (χ3n) is 9.53. The molecule has 0 radical (unpaired) electrons. The molecule has 2 aliphatic carbocycles. The van der Waals surface area contributed by atoms with Crippen LogP contribution < -0.4 is 0 Å². The number of piperidine rings is 1. The van der Waals surface area contributed by atoms with Crippen LogP contribution in [0.25, 0.3) is 0 Å². The summed E-state index contributed by atoms with van der Waals surface area (Å²) in [6.07, 6.45) is 13.3. The van der Waals surface area contributed by atoms with Gasteiger partial charge in [-0.1, -0.05) is 20.8 Å². The van der Waals surface area contributed by atoms with Crippen molar-refractivity contribution in [3.8, 4) is 0 Å². The molecule has 3 nitrogen and oxygen atoms in total. The van der Waals surface area contributed by atoms with E-state index in [2.05, 4.69) is 49.3 Å². The van der Waals surface area contributed by atoms with Gasteiger partial charge in [0.2, 0.25) is 0 Å². The summed E-state index contributed by atoms with van der Waals surface area (Å²) in [6, 6.07) is 0.711. The third kappa shape index (κ3) is 5.62. The normalized spacial score (nSPS) is 29.7. The van der Waals surface area contributed by atoms with E-state index >= 15 is 0 Å². The number of hydrogen-bond donors (Lipinski definition) is 0. The second-order valence-corrected chi connectivity index (χ2v) is 13.1. The van der Waals surface area contributed by atoms with Gasteiger partial charge in [0.15, 0.2) is 0 Å². The van der Waals surface area contributed by atoms with Crippen molar-refractivity contribution in [3.05, 3.63) is 0 Å². The molecule has 0 N–H and O–H groups in total. The minimum atomic E-state index is 0.567. The van der Waals surface area contributed by atoms with Gasteiger partial charge < -0.3 is 9.80 Å². The smallest absolute Gasteiger partial charge is 0.0113 e. The highest BCUT2D eigenvalue weighted by Gasteiger charge is 2.47. The number of likely N-dealkylation sites (tertiary alicyclic amines) is 1. The predicted octanol–water partition coefficient (Wildman–Crippen LogP) is 5.50. The maximum atomic E-state index is 2.85. The Bertz CT molecular complexity index is 538. The molecule has 0 aromatic heterocycles. The molecular formula is C27H51N3. The summed E-state index contributed by atoms with van der Waals surface area (Å²) >= 11 is 0. The van der Waals surface area contributed by atoms with E-state index in [1.54, 1.807) is 0 Å². The number of nitrogens with zero attached hydrogens (tertiary/aromatic N) is 3. The molecule has 1 spiro atoms. The van der Waals surface area contributed by atoms with E-state index in [0.29, 0.717) is 22.3 Å². The summed E-state index contributed by atoms with van der Waals surface area (Å²) in [7, 11) is 0.